The number of nitrogens with two attached hydrogens (primary N) is 1. The van der Waals surface area contributed by atoms with Crippen LogP contribution in [-0.4, -0.2) is 4.98 Å². The number of halogens is 2. The van der Waals surface area contributed by atoms with E-state index in [2.05, 4.69) is 4.98 Å². The molecule has 0 saturated heterocycles. The van der Waals surface area contributed by atoms with E-state index in [0.717, 1.165) is 0 Å². The molecule has 13 heavy (non-hydrogen) atoms. The Morgan fingerprint density at radius 2 is 2.15 bits per heavy atom. The van der Waals surface area contributed by atoms with E-state index in [1.807, 2.05) is 13.8 Å². The molecule has 0 fully saturated rings. The van der Waals surface area contributed by atoms with Crippen molar-refractivity contribution in [2.75, 3.05) is 0 Å². The van der Waals surface area contributed by atoms with Gasteiger partial charge in [0.2, 0.25) is 5.95 Å². The second kappa shape index (κ2) is 4.03. The lowest BCUT2D eigenvalue weighted by molar-refractivity contribution is 0.472. The molecule has 0 bridgehead atoms. The van der Waals surface area contributed by atoms with Crippen molar-refractivity contribution in [1.29, 1.82) is 0 Å². The average molecular weight is 203 g/mol. The summed E-state index contributed by atoms with van der Waals surface area (Å²) in [5.74, 6) is -0.375. The van der Waals surface area contributed by atoms with Crippen molar-refractivity contribution in [3.05, 3.63) is 28.8 Å². The number of hydrogen-bond acceptors (Lipinski definition) is 2. The van der Waals surface area contributed by atoms with Crippen LogP contribution in [0.4, 0.5) is 4.39 Å². The summed E-state index contributed by atoms with van der Waals surface area (Å²) in [6, 6.07) is 1.17. The highest BCUT2D eigenvalue weighted by atomic mass is 35.5. The lowest BCUT2D eigenvalue weighted by Gasteiger charge is -2.15. The van der Waals surface area contributed by atoms with Gasteiger partial charge in [-0.3, -0.25) is 0 Å². The van der Waals surface area contributed by atoms with Gasteiger partial charge in [0.15, 0.2) is 0 Å². The maximum atomic E-state index is 13.1. The van der Waals surface area contributed by atoms with Gasteiger partial charge >= 0.3 is 0 Å². The third-order valence-electron chi connectivity index (χ3n) is 1.91. The largest absolute Gasteiger partial charge is 0.324 e. The molecule has 72 valence electrons. The standard InChI is InChI=1S/C9H12ClFN2/c1-5(2)8(12)7-3-6(10)4-13-9(7)11/h3-5,8H,12H2,1-2H3/t8-/m0/s1. The number of rotatable bonds is 2. The normalized spacial score (nSPS) is 13.4. The third kappa shape index (κ3) is 2.39. The SMILES string of the molecule is CC(C)[C@H](N)c1cc(Cl)cnc1F. The Bertz CT molecular complexity index is 302. The first kappa shape index (κ1) is 10.4. The van der Waals surface area contributed by atoms with E-state index in [0.29, 0.717) is 10.6 Å². The Morgan fingerprint density at radius 3 is 2.69 bits per heavy atom. The Balaban J connectivity index is 3.05. The molecular formula is C9H12ClFN2. The van der Waals surface area contributed by atoms with Crippen LogP contribution in [0, 0.1) is 11.9 Å². The first-order chi connectivity index (χ1) is 6.02. The molecule has 0 radical (unpaired) electrons. The Hall–Kier alpha value is -0.670. The van der Waals surface area contributed by atoms with Gasteiger partial charge in [0.25, 0.3) is 0 Å². The quantitative estimate of drug-likeness (QED) is 0.749. The summed E-state index contributed by atoms with van der Waals surface area (Å²) >= 11 is 5.68. The molecule has 0 aliphatic carbocycles. The van der Waals surface area contributed by atoms with Gasteiger partial charge in [-0.05, 0) is 12.0 Å². The van der Waals surface area contributed by atoms with Crippen molar-refractivity contribution in [2.45, 2.75) is 19.9 Å². The number of nitrogens with zero attached hydrogens (tertiary/aromatic N) is 1. The second-order valence-corrected chi connectivity index (χ2v) is 3.74. The Labute approximate surface area is 81.9 Å². The van der Waals surface area contributed by atoms with Crippen LogP contribution < -0.4 is 5.73 Å². The third-order valence-corrected chi connectivity index (χ3v) is 2.12. The maximum absolute atomic E-state index is 13.1. The highest BCUT2D eigenvalue weighted by Crippen LogP contribution is 2.22. The highest BCUT2D eigenvalue weighted by Gasteiger charge is 2.15. The Kier molecular flexibility index (Phi) is 3.22. The fraction of sp³-hybridized carbons (Fsp3) is 0.444. The fourth-order valence-corrected chi connectivity index (χ4v) is 1.20. The molecule has 1 heterocycles. The molecule has 0 unspecified atom stereocenters. The molecule has 2 nitrogen and oxygen atoms in total. The molecule has 0 aromatic carbocycles. The van der Waals surface area contributed by atoms with Crippen molar-refractivity contribution < 1.29 is 4.39 Å². The van der Waals surface area contributed by atoms with E-state index in [4.69, 9.17) is 17.3 Å². The number of pyridine rings is 1. The topological polar surface area (TPSA) is 38.9 Å². The summed E-state index contributed by atoms with van der Waals surface area (Å²) in [6.45, 7) is 3.84. The molecular weight excluding hydrogens is 191 g/mol. The maximum Gasteiger partial charge on any atom is 0.217 e. The zero-order valence-corrected chi connectivity index (χ0v) is 8.35. The van der Waals surface area contributed by atoms with Crippen molar-refractivity contribution in [1.82, 2.24) is 4.98 Å². The molecule has 2 N–H and O–H groups in total. The van der Waals surface area contributed by atoms with Crippen LogP contribution in [0.1, 0.15) is 25.5 Å². The van der Waals surface area contributed by atoms with Crippen molar-refractivity contribution in [3.8, 4) is 0 Å². The first-order valence-electron chi connectivity index (χ1n) is 4.09. The lowest BCUT2D eigenvalue weighted by Crippen LogP contribution is -2.18. The average Bonchev–Trinajstić information content (AvgIpc) is 2.08. The van der Waals surface area contributed by atoms with Gasteiger partial charge in [-0.25, -0.2) is 4.98 Å². The summed E-state index contributed by atoms with van der Waals surface area (Å²) in [7, 11) is 0. The van der Waals surface area contributed by atoms with Gasteiger partial charge in [-0.15, -0.1) is 0 Å². The molecule has 1 atom stereocenters. The molecule has 0 saturated carbocycles. The van der Waals surface area contributed by atoms with Crippen LogP contribution in [0.5, 0.6) is 0 Å². The fourth-order valence-electron chi connectivity index (χ4n) is 1.03. The zero-order valence-electron chi connectivity index (χ0n) is 7.59. The van der Waals surface area contributed by atoms with Gasteiger partial charge < -0.3 is 5.73 Å². The van der Waals surface area contributed by atoms with Crippen molar-refractivity contribution in [2.24, 2.45) is 11.7 Å². The zero-order chi connectivity index (χ0) is 10.0. The smallest absolute Gasteiger partial charge is 0.217 e. The first-order valence-corrected chi connectivity index (χ1v) is 4.46. The van der Waals surface area contributed by atoms with Crippen molar-refractivity contribution >= 4 is 11.6 Å². The number of hydrogen-bond donors (Lipinski definition) is 1. The van der Waals surface area contributed by atoms with Crippen LogP contribution in [0.3, 0.4) is 0 Å². The summed E-state index contributed by atoms with van der Waals surface area (Å²) in [5, 5.41) is 0.410. The predicted molar refractivity (Wildman–Crippen MR) is 51.0 cm³/mol. The second-order valence-electron chi connectivity index (χ2n) is 3.30. The minimum atomic E-state index is -0.536. The van der Waals surface area contributed by atoms with E-state index < -0.39 is 5.95 Å². The van der Waals surface area contributed by atoms with Crippen LogP contribution in [0.25, 0.3) is 0 Å². The number of aromatic nitrogens is 1. The lowest BCUT2D eigenvalue weighted by atomic mass is 9.98. The molecule has 1 aromatic rings. The molecule has 0 amide bonds. The Morgan fingerprint density at radius 1 is 1.54 bits per heavy atom. The van der Waals surface area contributed by atoms with E-state index in [1.165, 1.54) is 12.3 Å². The molecule has 4 heteroatoms. The van der Waals surface area contributed by atoms with Gasteiger partial charge in [-0.1, -0.05) is 25.4 Å². The molecule has 0 aliphatic rings. The van der Waals surface area contributed by atoms with Gasteiger partial charge in [0.1, 0.15) is 0 Å². The molecule has 1 aromatic heterocycles. The highest BCUT2D eigenvalue weighted by molar-refractivity contribution is 6.30. The predicted octanol–water partition coefficient (Wildman–Crippen LogP) is 2.53. The van der Waals surface area contributed by atoms with Gasteiger partial charge in [0.05, 0.1) is 5.02 Å². The van der Waals surface area contributed by atoms with Gasteiger partial charge in [0, 0.05) is 17.8 Å². The summed E-state index contributed by atoms with van der Waals surface area (Å²) in [6.07, 6.45) is 1.27. The van der Waals surface area contributed by atoms with Crippen LogP contribution in [-0.2, 0) is 0 Å². The van der Waals surface area contributed by atoms with E-state index in [1.54, 1.807) is 0 Å². The minimum Gasteiger partial charge on any atom is -0.324 e. The monoisotopic (exact) mass is 202 g/mol. The van der Waals surface area contributed by atoms with E-state index in [-0.39, 0.29) is 12.0 Å². The van der Waals surface area contributed by atoms with Crippen LogP contribution in [0.15, 0.2) is 12.3 Å². The van der Waals surface area contributed by atoms with Crippen molar-refractivity contribution in [3.63, 3.8) is 0 Å². The molecule has 1 rings (SSSR count). The molecule has 0 aliphatic heterocycles. The summed E-state index contributed by atoms with van der Waals surface area (Å²) in [5.41, 5.74) is 6.15. The summed E-state index contributed by atoms with van der Waals surface area (Å²) < 4.78 is 13.1. The summed E-state index contributed by atoms with van der Waals surface area (Å²) in [4.78, 5) is 3.50. The molecule has 0 spiro atoms. The van der Waals surface area contributed by atoms with Crippen LogP contribution >= 0.6 is 11.6 Å². The van der Waals surface area contributed by atoms with Crippen LogP contribution in [0.2, 0.25) is 5.02 Å². The van der Waals surface area contributed by atoms with Gasteiger partial charge in [-0.2, -0.15) is 4.39 Å². The van der Waals surface area contributed by atoms with E-state index >= 15 is 0 Å². The van der Waals surface area contributed by atoms with E-state index in [9.17, 15) is 4.39 Å². The minimum absolute atomic E-state index is 0.162.